The van der Waals surface area contributed by atoms with Crippen LogP contribution in [0.2, 0.25) is 5.02 Å². The average molecular weight is 282 g/mol. The van der Waals surface area contributed by atoms with Crippen molar-refractivity contribution in [1.29, 1.82) is 0 Å². The molecule has 2 atom stereocenters. The summed E-state index contributed by atoms with van der Waals surface area (Å²) in [6.07, 6.45) is -0.224. The molecule has 2 N–H and O–H groups in total. The molecule has 4 nitrogen and oxygen atoms in total. The summed E-state index contributed by atoms with van der Waals surface area (Å²) in [6, 6.07) is 8.30. The van der Waals surface area contributed by atoms with Crippen LogP contribution in [0, 0.1) is 0 Å². The number of anilines is 1. The molecule has 2 heterocycles. The number of nitrogens with zero attached hydrogens (tertiary/aromatic N) is 2. The first-order valence-electron chi connectivity index (χ1n) is 6.87. The van der Waals surface area contributed by atoms with Gasteiger partial charge in [-0.2, -0.15) is 0 Å². The second-order valence-electron chi connectivity index (χ2n) is 5.30. The third kappa shape index (κ3) is 2.87. The number of β-amino-alcohol motifs (C(OH)–C–C–N with tert-alkyl or cyclic N) is 1. The van der Waals surface area contributed by atoms with Gasteiger partial charge in [-0.25, -0.2) is 0 Å². The van der Waals surface area contributed by atoms with Gasteiger partial charge in [0.25, 0.3) is 0 Å². The van der Waals surface area contributed by atoms with E-state index in [1.807, 2.05) is 18.2 Å². The predicted octanol–water partition coefficient (Wildman–Crippen LogP) is 0.795. The minimum absolute atomic E-state index is 0.224. The topological polar surface area (TPSA) is 38.7 Å². The van der Waals surface area contributed by atoms with E-state index in [1.165, 1.54) is 5.69 Å². The fourth-order valence-corrected chi connectivity index (χ4v) is 3.19. The van der Waals surface area contributed by atoms with Crippen molar-refractivity contribution in [1.82, 2.24) is 10.2 Å². The molecule has 1 unspecified atom stereocenters. The number of halogens is 1. The van der Waals surface area contributed by atoms with Crippen LogP contribution in [0.25, 0.3) is 0 Å². The number of piperazine rings is 1. The quantitative estimate of drug-likeness (QED) is 0.841. The Bertz CT molecular complexity index is 434. The Balaban J connectivity index is 1.60. The van der Waals surface area contributed by atoms with Crippen LogP contribution >= 0.6 is 11.6 Å². The number of nitrogens with one attached hydrogen (secondary N) is 1. The summed E-state index contributed by atoms with van der Waals surface area (Å²) in [6.45, 7) is 5.59. The molecule has 2 fully saturated rings. The van der Waals surface area contributed by atoms with Gasteiger partial charge >= 0.3 is 0 Å². The molecule has 2 aliphatic heterocycles. The molecule has 1 aromatic rings. The zero-order chi connectivity index (χ0) is 13.2. The number of hydrogen-bond acceptors (Lipinski definition) is 4. The summed E-state index contributed by atoms with van der Waals surface area (Å²) in [5.74, 6) is 0. The second kappa shape index (κ2) is 5.67. The highest BCUT2D eigenvalue weighted by molar-refractivity contribution is 6.30. The van der Waals surface area contributed by atoms with E-state index in [4.69, 9.17) is 11.6 Å². The van der Waals surface area contributed by atoms with Gasteiger partial charge in [0.2, 0.25) is 0 Å². The number of hydrogen-bond donors (Lipinski definition) is 2. The lowest BCUT2D eigenvalue weighted by Gasteiger charge is -2.39. The van der Waals surface area contributed by atoms with Crippen LogP contribution < -0.4 is 10.2 Å². The van der Waals surface area contributed by atoms with Crippen LogP contribution in [0.4, 0.5) is 5.69 Å². The first-order chi connectivity index (χ1) is 9.24. The molecule has 0 amide bonds. The Labute approximate surface area is 119 Å². The lowest BCUT2D eigenvalue weighted by Crippen LogP contribution is -2.53. The smallest absolute Gasteiger partial charge is 0.0831 e. The Morgan fingerprint density at radius 2 is 1.95 bits per heavy atom. The predicted molar refractivity (Wildman–Crippen MR) is 77.9 cm³/mol. The largest absolute Gasteiger partial charge is 0.390 e. The van der Waals surface area contributed by atoms with Gasteiger partial charge in [0.05, 0.1) is 6.10 Å². The molecule has 0 spiro atoms. The van der Waals surface area contributed by atoms with Crippen LogP contribution in [0.15, 0.2) is 24.3 Å². The zero-order valence-electron chi connectivity index (χ0n) is 10.9. The highest BCUT2D eigenvalue weighted by atomic mass is 35.5. The van der Waals surface area contributed by atoms with Gasteiger partial charge < -0.3 is 15.3 Å². The summed E-state index contributed by atoms with van der Waals surface area (Å²) in [4.78, 5) is 4.75. The van der Waals surface area contributed by atoms with Crippen molar-refractivity contribution in [3.8, 4) is 0 Å². The van der Waals surface area contributed by atoms with Crippen LogP contribution in [0.3, 0.4) is 0 Å². The number of aliphatic hydroxyl groups is 1. The molecule has 0 aliphatic carbocycles. The zero-order valence-corrected chi connectivity index (χ0v) is 11.7. The van der Waals surface area contributed by atoms with Crippen LogP contribution in [0.5, 0.6) is 0 Å². The Kier molecular flexibility index (Phi) is 3.93. The lowest BCUT2D eigenvalue weighted by atomic mass is 10.1. The third-order valence-electron chi connectivity index (χ3n) is 4.11. The first-order valence-corrected chi connectivity index (χ1v) is 7.25. The highest BCUT2D eigenvalue weighted by Gasteiger charge is 2.32. The number of rotatable bonds is 2. The fourth-order valence-electron chi connectivity index (χ4n) is 3.01. The van der Waals surface area contributed by atoms with Gasteiger partial charge in [-0.15, -0.1) is 0 Å². The van der Waals surface area contributed by atoms with Crippen LogP contribution in [-0.4, -0.2) is 61.4 Å². The Morgan fingerprint density at radius 1 is 1.16 bits per heavy atom. The third-order valence-corrected chi connectivity index (χ3v) is 4.34. The van der Waals surface area contributed by atoms with E-state index >= 15 is 0 Å². The van der Waals surface area contributed by atoms with Crippen molar-refractivity contribution in [2.45, 2.75) is 12.1 Å². The van der Waals surface area contributed by atoms with Gasteiger partial charge in [0.1, 0.15) is 0 Å². The van der Waals surface area contributed by atoms with Crippen molar-refractivity contribution >= 4 is 17.3 Å². The van der Waals surface area contributed by atoms with E-state index in [1.54, 1.807) is 0 Å². The molecule has 0 aromatic heterocycles. The monoisotopic (exact) mass is 281 g/mol. The summed E-state index contributed by atoms with van der Waals surface area (Å²) in [7, 11) is 0. The van der Waals surface area contributed by atoms with Gasteiger partial charge in [0.15, 0.2) is 0 Å². The van der Waals surface area contributed by atoms with E-state index in [0.717, 1.165) is 44.3 Å². The highest BCUT2D eigenvalue weighted by Crippen LogP contribution is 2.22. The number of aliphatic hydroxyl groups excluding tert-OH is 1. The molecule has 2 aliphatic rings. The van der Waals surface area contributed by atoms with Crippen molar-refractivity contribution < 1.29 is 5.11 Å². The molecule has 5 heteroatoms. The molecule has 0 saturated carbocycles. The molecule has 1 aromatic carbocycles. The van der Waals surface area contributed by atoms with Crippen molar-refractivity contribution in [2.24, 2.45) is 0 Å². The summed E-state index contributed by atoms with van der Waals surface area (Å²) >= 11 is 6.04. The van der Waals surface area contributed by atoms with Crippen molar-refractivity contribution in [3.63, 3.8) is 0 Å². The number of benzene rings is 1. The summed E-state index contributed by atoms with van der Waals surface area (Å²) in [5.41, 5.74) is 1.19. The molecule has 19 heavy (non-hydrogen) atoms. The van der Waals surface area contributed by atoms with E-state index in [0.29, 0.717) is 0 Å². The molecule has 2 saturated heterocycles. The SMILES string of the molecule is O[C@@H]1CNCC1N1CCN(c2cccc(Cl)c2)CC1. The maximum atomic E-state index is 9.93. The summed E-state index contributed by atoms with van der Waals surface area (Å²) in [5, 5.41) is 14.0. The van der Waals surface area contributed by atoms with Crippen LogP contribution in [0.1, 0.15) is 0 Å². The standard InChI is InChI=1S/C14H20ClN3O/c15-11-2-1-3-12(8-11)17-4-6-18(7-5-17)13-9-16-10-14(13)19/h1-3,8,13-14,16,19H,4-7,9-10H2/t13?,14-/m1/s1. The summed E-state index contributed by atoms with van der Waals surface area (Å²) < 4.78 is 0. The molecule has 0 radical (unpaired) electrons. The Hall–Kier alpha value is -0.810. The van der Waals surface area contributed by atoms with Gasteiger partial charge in [-0.3, -0.25) is 4.90 Å². The van der Waals surface area contributed by atoms with E-state index < -0.39 is 0 Å². The molecular weight excluding hydrogens is 262 g/mol. The van der Waals surface area contributed by atoms with E-state index in [9.17, 15) is 5.11 Å². The Morgan fingerprint density at radius 3 is 2.58 bits per heavy atom. The van der Waals surface area contributed by atoms with Gasteiger partial charge in [-0.1, -0.05) is 17.7 Å². The maximum absolute atomic E-state index is 9.93. The minimum Gasteiger partial charge on any atom is -0.390 e. The van der Waals surface area contributed by atoms with Gasteiger partial charge in [0, 0.05) is 56.0 Å². The van der Waals surface area contributed by atoms with Crippen molar-refractivity contribution in [2.75, 3.05) is 44.2 Å². The lowest BCUT2D eigenvalue weighted by molar-refractivity contribution is 0.0792. The van der Waals surface area contributed by atoms with Crippen molar-refractivity contribution in [3.05, 3.63) is 29.3 Å². The van der Waals surface area contributed by atoms with E-state index in [2.05, 4.69) is 21.2 Å². The molecule has 0 bridgehead atoms. The van der Waals surface area contributed by atoms with Gasteiger partial charge in [-0.05, 0) is 18.2 Å². The van der Waals surface area contributed by atoms with Crippen LogP contribution in [-0.2, 0) is 0 Å². The van der Waals surface area contributed by atoms with E-state index in [-0.39, 0.29) is 12.1 Å². The molecule has 104 valence electrons. The minimum atomic E-state index is -0.224. The average Bonchev–Trinajstić information content (AvgIpc) is 2.85. The molecule has 3 rings (SSSR count). The first kappa shape index (κ1) is 13.2. The second-order valence-corrected chi connectivity index (χ2v) is 5.73. The molecular formula is C14H20ClN3O. The maximum Gasteiger partial charge on any atom is 0.0831 e. The normalized spacial score (nSPS) is 28.8. The fraction of sp³-hybridized carbons (Fsp3) is 0.571.